The van der Waals surface area contributed by atoms with E-state index in [1.807, 2.05) is 18.2 Å². The maximum atomic E-state index is 12.9. The van der Waals surface area contributed by atoms with Crippen molar-refractivity contribution in [1.82, 2.24) is 19.9 Å². The van der Waals surface area contributed by atoms with Crippen molar-refractivity contribution in [2.24, 2.45) is 5.92 Å². The smallest absolute Gasteiger partial charge is 0.251 e. The summed E-state index contributed by atoms with van der Waals surface area (Å²) < 4.78 is 13.0. The Morgan fingerprint density at radius 3 is 2.68 bits per heavy atom. The van der Waals surface area contributed by atoms with Gasteiger partial charge in [-0.3, -0.25) is 9.36 Å². The Kier molecular flexibility index (Phi) is 4.97. The van der Waals surface area contributed by atoms with Gasteiger partial charge in [0.15, 0.2) is 11.5 Å². The van der Waals surface area contributed by atoms with Crippen LogP contribution >= 0.6 is 0 Å². The number of amides is 1. The van der Waals surface area contributed by atoms with Gasteiger partial charge in [-0.25, -0.2) is 9.97 Å². The van der Waals surface area contributed by atoms with Crippen LogP contribution in [0.25, 0.3) is 5.82 Å². The topological polar surface area (TPSA) is 78.3 Å². The lowest BCUT2D eigenvalue weighted by molar-refractivity contribution is 0.0925. The average Bonchev–Trinajstić information content (AvgIpc) is 3.26. The monoisotopic (exact) mass is 378 g/mol. The highest BCUT2D eigenvalue weighted by atomic mass is 16.6. The molecule has 1 aliphatic rings. The molecule has 7 heteroatoms. The number of benzene rings is 1. The molecule has 1 N–H and O–H groups in total. The Hall–Kier alpha value is -3.35. The van der Waals surface area contributed by atoms with Gasteiger partial charge in [0.1, 0.15) is 25.4 Å². The van der Waals surface area contributed by atoms with Crippen LogP contribution in [0.1, 0.15) is 35.8 Å². The second-order valence-electron chi connectivity index (χ2n) is 6.97. The zero-order chi connectivity index (χ0) is 19.5. The number of aromatic nitrogens is 3. The zero-order valence-electron chi connectivity index (χ0n) is 15.8. The second-order valence-corrected chi connectivity index (χ2v) is 6.97. The van der Waals surface area contributed by atoms with E-state index < -0.39 is 0 Å². The van der Waals surface area contributed by atoms with E-state index >= 15 is 0 Å². The Morgan fingerprint density at radius 2 is 1.93 bits per heavy atom. The molecule has 0 saturated carbocycles. The molecule has 3 aromatic rings. The normalized spacial score (nSPS) is 14.0. The van der Waals surface area contributed by atoms with Crippen molar-refractivity contribution in [1.29, 1.82) is 0 Å². The molecule has 7 nitrogen and oxygen atoms in total. The molecule has 0 aliphatic carbocycles. The van der Waals surface area contributed by atoms with E-state index in [-0.39, 0.29) is 17.9 Å². The molecule has 0 unspecified atom stereocenters. The summed E-state index contributed by atoms with van der Waals surface area (Å²) in [6.45, 7) is 5.23. The Labute approximate surface area is 163 Å². The van der Waals surface area contributed by atoms with Crippen LogP contribution in [-0.2, 0) is 0 Å². The van der Waals surface area contributed by atoms with Crippen molar-refractivity contribution in [2.45, 2.75) is 19.9 Å². The van der Waals surface area contributed by atoms with E-state index in [1.165, 1.54) is 0 Å². The fourth-order valence-corrected chi connectivity index (χ4v) is 3.21. The number of hydrogen-bond acceptors (Lipinski definition) is 5. The van der Waals surface area contributed by atoms with Gasteiger partial charge in [0, 0.05) is 24.2 Å². The van der Waals surface area contributed by atoms with Gasteiger partial charge in [0.25, 0.3) is 5.91 Å². The van der Waals surface area contributed by atoms with Crippen LogP contribution in [0.3, 0.4) is 0 Å². The fraction of sp³-hybridized carbons (Fsp3) is 0.286. The molecule has 1 aliphatic heterocycles. The largest absolute Gasteiger partial charge is 0.486 e. The zero-order valence-corrected chi connectivity index (χ0v) is 15.8. The predicted molar refractivity (Wildman–Crippen MR) is 104 cm³/mol. The van der Waals surface area contributed by atoms with Crippen LogP contribution in [-0.4, -0.2) is 33.7 Å². The van der Waals surface area contributed by atoms with Crippen molar-refractivity contribution in [2.75, 3.05) is 13.2 Å². The molecule has 0 saturated heterocycles. The summed E-state index contributed by atoms with van der Waals surface area (Å²) in [5, 5.41) is 3.14. The molecule has 0 bridgehead atoms. The van der Waals surface area contributed by atoms with Gasteiger partial charge in [-0.1, -0.05) is 19.9 Å². The van der Waals surface area contributed by atoms with Gasteiger partial charge < -0.3 is 14.8 Å². The van der Waals surface area contributed by atoms with Gasteiger partial charge in [-0.15, -0.1) is 0 Å². The predicted octanol–water partition coefficient (Wildman–Crippen LogP) is 3.17. The van der Waals surface area contributed by atoms with E-state index in [0.717, 1.165) is 17.1 Å². The lowest BCUT2D eigenvalue weighted by atomic mass is 9.95. The third kappa shape index (κ3) is 3.69. The van der Waals surface area contributed by atoms with Crippen molar-refractivity contribution in [3.63, 3.8) is 0 Å². The Bertz CT molecular complexity index is 970. The number of ether oxygens (including phenoxy) is 2. The molecular weight excluding hydrogens is 356 g/mol. The Morgan fingerprint density at radius 1 is 1.11 bits per heavy atom. The maximum absolute atomic E-state index is 12.9. The number of nitrogens with one attached hydrogen (secondary N) is 1. The van der Waals surface area contributed by atoms with E-state index in [2.05, 4.69) is 29.1 Å². The molecule has 1 atom stereocenters. The highest BCUT2D eigenvalue weighted by Gasteiger charge is 2.22. The number of carbonyl (C=O) groups excluding carboxylic acids is 1. The van der Waals surface area contributed by atoms with Gasteiger partial charge in [0.05, 0.1) is 6.04 Å². The number of hydrogen-bond donors (Lipinski definition) is 1. The molecule has 3 heterocycles. The number of pyridine rings is 1. The summed E-state index contributed by atoms with van der Waals surface area (Å²) in [6.07, 6.45) is 6.73. The van der Waals surface area contributed by atoms with Crippen LogP contribution in [0, 0.1) is 5.92 Å². The molecule has 4 rings (SSSR count). The quantitative estimate of drug-likeness (QED) is 0.738. The number of nitrogens with zero attached hydrogens (tertiary/aromatic N) is 3. The molecule has 28 heavy (non-hydrogen) atoms. The third-order valence-corrected chi connectivity index (χ3v) is 4.66. The number of fused-ring (bicyclic) bond motifs is 1. The first-order valence-electron chi connectivity index (χ1n) is 9.26. The second kappa shape index (κ2) is 7.72. The van der Waals surface area contributed by atoms with E-state index in [1.54, 1.807) is 41.6 Å². The molecular formula is C21H22N4O3. The van der Waals surface area contributed by atoms with Crippen molar-refractivity contribution >= 4 is 5.91 Å². The summed E-state index contributed by atoms with van der Waals surface area (Å²) in [4.78, 5) is 21.2. The minimum Gasteiger partial charge on any atom is -0.486 e. The van der Waals surface area contributed by atoms with Crippen LogP contribution in [0.4, 0.5) is 0 Å². The number of imidazole rings is 1. The summed E-state index contributed by atoms with van der Waals surface area (Å²) in [5.41, 5.74) is 1.53. The molecule has 0 fully saturated rings. The summed E-state index contributed by atoms with van der Waals surface area (Å²) in [5.74, 6) is 2.14. The lowest BCUT2D eigenvalue weighted by Crippen LogP contribution is -2.32. The minimum atomic E-state index is -0.159. The van der Waals surface area contributed by atoms with Crippen LogP contribution < -0.4 is 14.8 Å². The molecule has 0 spiro atoms. The van der Waals surface area contributed by atoms with Crippen molar-refractivity contribution < 1.29 is 14.3 Å². The van der Waals surface area contributed by atoms with Gasteiger partial charge in [-0.05, 0) is 35.7 Å². The fourth-order valence-electron chi connectivity index (χ4n) is 3.21. The molecule has 0 radical (unpaired) electrons. The highest BCUT2D eigenvalue weighted by molar-refractivity contribution is 5.94. The first kappa shape index (κ1) is 18.0. The van der Waals surface area contributed by atoms with Crippen LogP contribution in [0.2, 0.25) is 0 Å². The summed E-state index contributed by atoms with van der Waals surface area (Å²) in [6, 6.07) is 9.11. The maximum Gasteiger partial charge on any atom is 0.251 e. The molecule has 1 aromatic carbocycles. The minimum absolute atomic E-state index is 0.155. The molecule has 144 valence electrons. The average molecular weight is 378 g/mol. The Balaban J connectivity index is 1.57. The van der Waals surface area contributed by atoms with Crippen molar-refractivity contribution in [3.05, 3.63) is 66.4 Å². The first-order chi connectivity index (χ1) is 13.6. The summed E-state index contributed by atoms with van der Waals surface area (Å²) in [7, 11) is 0. The SMILES string of the molecule is CC(C)[C@H](NC(=O)c1ccnc(-n2ccnc2)c1)c1ccc2c(c1)OCCO2. The summed E-state index contributed by atoms with van der Waals surface area (Å²) >= 11 is 0. The van der Waals surface area contributed by atoms with Gasteiger partial charge >= 0.3 is 0 Å². The first-order valence-corrected chi connectivity index (χ1v) is 9.26. The van der Waals surface area contributed by atoms with Gasteiger partial charge in [-0.2, -0.15) is 0 Å². The van der Waals surface area contributed by atoms with E-state index in [4.69, 9.17) is 9.47 Å². The third-order valence-electron chi connectivity index (χ3n) is 4.66. The number of rotatable bonds is 5. The van der Waals surface area contributed by atoms with Gasteiger partial charge in [0.2, 0.25) is 0 Å². The van der Waals surface area contributed by atoms with Crippen molar-refractivity contribution in [3.8, 4) is 17.3 Å². The number of carbonyl (C=O) groups is 1. The van der Waals surface area contributed by atoms with Crippen LogP contribution in [0.15, 0.2) is 55.2 Å². The standard InChI is InChI=1S/C21H22N4O3/c1-14(2)20(15-3-4-17-18(11-15)28-10-9-27-17)24-21(26)16-5-6-23-19(12-16)25-8-7-22-13-25/h3-8,11-14,20H,9-10H2,1-2H3,(H,24,26)/t20-/m0/s1. The van der Waals surface area contributed by atoms with Crippen LogP contribution in [0.5, 0.6) is 11.5 Å². The van der Waals surface area contributed by atoms with E-state index in [0.29, 0.717) is 24.6 Å². The lowest BCUT2D eigenvalue weighted by Gasteiger charge is -2.25. The molecule has 1 amide bonds. The van der Waals surface area contributed by atoms with E-state index in [9.17, 15) is 4.79 Å². The highest BCUT2D eigenvalue weighted by Crippen LogP contribution is 2.34. The molecule has 2 aromatic heterocycles.